The summed E-state index contributed by atoms with van der Waals surface area (Å²) in [6.07, 6.45) is 7.13. The summed E-state index contributed by atoms with van der Waals surface area (Å²) in [5, 5.41) is 8.34. The van der Waals surface area contributed by atoms with Gasteiger partial charge in [0.05, 0.1) is 28.8 Å². The van der Waals surface area contributed by atoms with E-state index in [0.717, 1.165) is 83.1 Å². The number of hydrogen-bond acceptors (Lipinski definition) is 8. The van der Waals surface area contributed by atoms with E-state index in [1.807, 2.05) is 78.9 Å². The number of nitrogens with one attached hydrogen (secondary N) is 3. The molecular weight excluding hydrogens is 825 g/mol. The van der Waals surface area contributed by atoms with Crippen molar-refractivity contribution in [2.45, 2.75) is 114 Å². The summed E-state index contributed by atoms with van der Waals surface area (Å²) in [4.78, 5) is 93.2. The molecule has 1 aromatic heterocycles. The Morgan fingerprint density at radius 2 is 1.43 bits per heavy atom. The Balaban J connectivity index is 0.910. The molecule has 4 aromatic carbocycles. The molecule has 4 heterocycles. The average Bonchev–Trinajstić information content (AvgIpc) is 3.77. The van der Waals surface area contributed by atoms with E-state index in [4.69, 9.17) is 11.5 Å². The van der Waals surface area contributed by atoms with E-state index in [0.29, 0.717) is 18.4 Å². The number of hydrogen-bond donors (Lipinski definition) is 5. The van der Waals surface area contributed by atoms with Crippen LogP contribution in [0.2, 0.25) is 0 Å². The van der Waals surface area contributed by atoms with Crippen LogP contribution in [0.1, 0.15) is 103 Å². The third-order valence-corrected chi connectivity index (χ3v) is 13.1. The molecule has 7 N–H and O–H groups in total. The van der Waals surface area contributed by atoms with Crippen molar-refractivity contribution in [2.75, 3.05) is 4.90 Å². The number of amides is 6. The smallest absolute Gasteiger partial charge is 0.329 e. The fraction of sp³-hybridized carbons (Fsp3) is 0.380. The van der Waals surface area contributed by atoms with Crippen LogP contribution in [0.5, 0.6) is 0 Å². The Kier molecular flexibility index (Phi) is 13.4. The normalized spacial score (nSPS) is 18.6. The monoisotopic (exact) mass is 880 g/mol. The Morgan fingerprint density at radius 1 is 0.769 bits per heavy atom. The number of aromatic nitrogens is 2. The summed E-state index contributed by atoms with van der Waals surface area (Å²) in [6.45, 7) is 0. The molecule has 1 saturated heterocycles. The molecule has 0 spiro atoms. The van der Waals surface area contributed by atoms with Gasteiger partial charge in [-0.3, -0.25) is 48.1 Å². The first-order chi connectivity index (χ1) is 31.4. The van der Waals surface area contributed by atoms with Crippen LogP contribution in [-0.4, -0.2) is 62.7 Å². The number of imide groups is 1. The van der Waals surface area contributed by atoms with E-state index in [-0.39, 0.29) is 49.6 Å². The molecular formula is C50H56N8O7. The molecule has 15 nitrogen and oxygen atoms in total. The fourth-order valence-corrected chi connectivity index (χ4v) is 9.70. The zero-order valence-electron chi connectivity index (χ0n) is 36.6. The molecule has 0 saturated carbocycles. The summed E-state index contributed by atoms with van der Waals surface area (Å²) >= 11 is 0. The van der Waals surface area contributed by atoms with Crippen molar-refractivity contribution in [1.29, 1.82) is 0 Å². The van der Waals surface area contributed by atoms with Gasteiger partial charge < -0.3 is 22.1 Å². The Bertz CT molecular complexity index is 2650. The maximum Gasteiger partial charge on any atom is 0.329 e. The quantitative estimate of drug-likeness (QED) is 0.0681. The van der Waals surface area contributed by atoms with Crippen molar-refractivity contribution < 1.29 is 28.8 Å². The largest absolute Gasteiger partial charge is 0.370 e. The van der Waals surface area contributed by atoms with E-state index in [1.54, 1.807) is 11.6 Å². The van der Waals surface area contributed by atoms with Crippen molar-refractivity contribution in [3.63, 3.8) is 0 Å². The van der Waals surface area contributed by atoms with E-state index in [1.165, 1.54) is 9.47 Å². The van der Waals surface area contributed by atoms with Gasteiger partial charge in [-0.2, -0.15) is 0 Å². The van der Waals surface area contributed by atoms with Crippen LogP contribution in [0.25, 0.3) is 11.0 Å². The van der Waals surface area contributed by atoms with Gasteiger partial charge in [-0.15, -0.1) is 0 Å². The second-order valence-corrected chi connectivity index (χ2v) is 17.6. The highest BCUT2D eigenvalue weighted by molar-refractivity contribution is 6.07. The predicted molar refractivity (Wildman–Crippen MR) is 245 cm³/mol. The molecule has 0 aliphatic carbocycles. The lowest BCUT2D eigenvalue weighted by Gasteiger charge is -2.29. The first kappa shape index (κ1) is 44.7. The topological polar surface area (TPSA) is 221 Å². The number of nitrogens with zero attached hydrogens (tertiary/aromatic N) is 3. The number of carbonyl (C=O) groups excluding carboxylic acids is 6. The first-order valence-electron chi connectivity index (χ1n) is 22.6. The molecule has 8 rings (SSSR count). The summed E-state index contributed by atoms with van der Waals surface area (Å²) in [5.74, 6) is -2.71. The van der Waals surface area contributed by atoms with Crippen molar-refractivity contribution in [3.05, 3.63) is 135 Å². The lowest BCUT2D eigenvalue weighted by molar-refractivity contribution is -0.136. The summed E-state index contributed by atoms with van der Waals surface area (Å²) in [7, 11) is 1.70. The number of benzene rings is 4. The van der Waals surface area contributed by atoms with Gasteiger partial charge in [-0.1, -0.05) is 91.7 Å². The van der Waals surface area contributed by atoms with Crippen molar-refractivity contribution in [1.82, 2.24) is 25.1 Å². The molecule has 1 unspecified atom stereocenters. The molecule has 3 aliphatic heterocycles. The minimum Gasteiger partial charge on any atom is -0.370 e. The summed E-state index contributed by atoms with van der Waals surface area (Å²) in [6, 6.07) is 25.0. The van der Waals surface area contributed by atoms with Gasteiger partial charge >= 0.3 is 5.69 Å². The van der Waals surface area contributed by atoms with E-state index in [2.05, 4.69) is 28.1 Å². The molecule has 338 valence electrons. The number of anilines is 1. The van der Waals surface area contributed by atoms with Crippen molar-refractivity contribution >= 4 is 52.2 Å². The number of carbonyl (C=O) groups is 6. The van der Waals surface area contributed by atoms with Gasteiger partial charge in [0.2, 0.25) is 35.4 Å². The van der Waals surface area contributed by atoms with Crippen LogP contribution in [0.4, 0.5) is 5.69 Å². The highest BCUT2D eigenvalue weighted by atomic mass is 16.2. The zero-order valence-corrected chi connectivity index (χ0v) is 36.6. The first-order valence-corrected chi connectivity index (χ1v) is 22.6. The number of unbranched alkanes of at least 4 members (excludes halogenated alkanes) is 3. The molecule has 15 heteroatoms. The number of fused-ring (bicyclic) bond motifs is 1. The van der Waals surface area contributed by atoms with E-state index < -0.39 is 53.8 Å². The lowest BCUT2D eigenvalue weighted by atomic mass is 9.95. The molecule has 0 radical (unpaired) electrons. The maximum absolute atomic E-state index is 14.3. The number of rotatable bonds is 17. The van der Waals surface area contributed by atoms with Crippen LogP contribution in [0, 0.1) is 0 Å². The van der Waals surface area contributed by atoms with E-state index >= 15 is 0 Å². The number of aryl methyl sites for hydroxylation is 4. The molecule has 4 atom stereocenters. The molecule has 65 heavy (non-hydrogen) atoms. The fourth-order valence-electron chi connectivity index (χ4n) is 9.70. The second-order valence-electron chi connectivity index (χ2n) is 17.6. The number of imidazole rings is 1. The predicted octanol–water partition coefficient (Wildman–Crippen LogP) is 3.85. The van der Waals surface area contributed by atoms with Gasteiger partial charge in [0, 0.05) is 26.3 Å². The Hall–Kier alpha value is -6.87. The third-order valence-electron chi connectivity index (χ3n) is 13.1. The molecule has 6 amide bonds. The van der Waals surface area contributed by atoms with Gasteiger partial charge in [0.1, 0.15) is 18.1 Å². The highest BCUT2D eigenvalue weighted by Crippen LogP contribution is 2.40. The van der Waals surface area contributed by atoms with Gasteiger partial charge in [0.15, 0.2) is 0 Å². The van der Waals surface area contributed by atoms with Gasteiger partial charge in [-0.05, 0) is 96.9 Å². The molecule has 3 aliphatic rings. The van der Waals surface area contributed by atoms with Crippen LogP contribution >= 0.6 is 0 Å². The Labute approximate surface area is 376 Å². The minimum atomic E-state index is -1.11. The van der Waals surface area contributed by atoms with Crippen molar-refractivity contribution in [3.8, 4) is 0 Å². The SMILES string of the molecule is Cn1c(=O)n(C2CCC(=O)NC2=O)c2ccc(CCCCCCc3cc4c5c(c3)C[C@@H](C(=O)N[C@@H](CCC(N)=O)C(=O)NC(c3ccccc3)c3ccccc3)N5C(=O)[C@@H](N)CC4)cc21. The van der Waals surface area contributed by atoms with Crippen molar-refractivity contribution in [2.24, 2.45) is 18.5 Å². The molecule has 1 fully saturated rings. The van der Waals surface area contributed by atoms with Gasteiger partial charge in [0.25, 0.3) is 0 Å². The standard InChI is InChI=1S/C50H56N8O7/c1-56-40-28-30(18-22-38(40)57(50(56)65)39-23-25-43(60)54-47(39)62)12-6-2-3-7-13-31-26-34-19-20-36(51)49(64)58-41(29-35(27-31)45(34)58)48(63)53-37(21-24-42(52)59)46(61)55-44(32-14-8-4-9-15-32)33-16-10-5-11-17-33/h4-5,8-11,14-18,22,26-28,36-37,39,41,44H,2-3,6-7,12-13,19-21,23-25,29,51H2,1H3,(H2,52,59)(H,53,63)(H,55,61)(H,54,60,62)/t36-,37-,39?,41-/m0/s1. The minimum absolute atomic E-state index is 0.0252. The average molecular weight is 881 g/mol. The van der Waals surface area contributed by atoms with Crippen LogP contribution in [-0.2, 0) is 61.5 Å². The highest BCUT2D eigenvalue weighted by Gasteiger charge is 2.44. The molecule has 0 bridgehead atoms. The summed E-state index contributed by atoms with van der Waals surface area (Å²) in [5.41, 5.74) is 19.6. The number of nitrogens with two attached hydrogens (primary N) is 2. The van der Waals surface area contributed by atoms with Crippen LogP contribution < -0.4 is 38.0 Å². The number of primary amides is 1. The van der Waals surface area contributed by atoms with E-state index in [9.17, 15) is 33.6 Å². The second kappa shape index (κ2) is 19.5. The van der Waals surface area contributed by atoms with Crippen LogP contribution in [0.3, 0.4) is 0 Å². The third kappa shape index (κ3) is 9.65. The summed E-state index contributed by atoms with van der Waals surface area (Å²) < 4.78 is 3.05. The Morgan fingerprint density at radius 3 is 2.09 bits per heavy atom. The van der Waals surface area contributed by atoms with Gasteiger partial charge in [-0.25, -0.2) is 4.79 Å². The molecule has 5 aromatic rings. The maximum atomic E-state index is 14.3. The zero-order chi connectivity index (χ0) is 45.8. The number of piperidine rings is 1. The van der Waals surface area contributed by atoms with Crippen LogP contribution in [0.15, 0.2) is 95.8 Å². The lowest BCUT2D eigenvalue weighted by Crippen LogP contribution is -2.56.